The average Bonchev–Trinajstić information content (AvgIpc) is 2.29. The number of carbonyl (C=O) groups is 2. The highest BCUT2D eigenvalue weighted by atomic mass is 35.5. The molecule has 0 aliphatic heterocycles. The average molecular weight is 348 g/mol. The topological polar surface area (TPSA) is 89.6 Å². The Labute approximate surface area is 139 Å². The molecule has 0 unspecified atom stereocenters. The molecular weight excluding hydrogens is 329 g/mol. The first kappa shape index (κ1) is 18.7. The van der Waals surface area contributed by atoms with Gasteiger partial charge in [0.1, 0.15) is 5.60 Å². The van der Waals surface area contributed by atoms with Crippen LogP contribution in [0.2, 0.25) is 10.0 Å². The van der Waals surface area contributed by atoms with E-state index in [2.05, 4.69) is 0 Å². The molecule has 5 nitrogen and oxygen atoms in total. The van der Waals surface area contributed by atoms with Crippen molar-refractivity contribution >= 4 is 35.1 Å². The minimum atomic E-state index is -1.47. The zero-order valence-electron chi connectivity index (χ0n) is 12.6. The Kier molecular flexibility index (Phi) is 6.23. The molecule has 1 aromatic carbocycles. The molecule has 2 atom stereocenters. The Bertz CT molecular complexity index is 569. The Morgan fingerprint density at radius 2 is 1.91 bits per heavy atom. The van der Waals surface area contributed by atoms with Gasteiger partial charge in [0.25, 0.3) is 0 Å². The van der Waals surface area contributed by atoms with Crippen molar-refractivity contribution < 1.29 is 19.4 Å². The number of rotatable bonds is 5. The number of halogens is 2. The van der Waals surface area contributed by atoms with Crippen molar-refractivity contribution in [3.8, 4) is 0 Å². The van der Waals surface area contributed by atoms with Gasteiger partial charge in [-0.3, -0.25) is 9.59 Å². The van der Waals surface area contributed by atoms with Crippen LogP contribution in [0.4, 0.5) is 0 Å². The molecule has 0 saturated carbocycles. The molecule has 0 aliphatic carbocycles. The normalized spacial score (nSPS) is 14.3. The largest absolute Gasteiger partial charge is 0.481 e. The molecule has 1 aromatic rings. The number of nitrogens with two attached hydrogens (primary N) is 1. The van der Waals surface area contributed by atoms with E-state index in [4.69, 9.17) is 33.7 Å². The summed E-state index contributed by atoms with van der Waals surface area (Å²) in [6, 6.07) is 3.84. The third kappa shape index (κ3) is 5.48. The van der Waals surface area contributed by atoms with E-state index in [-0.39, 0.29) is 6.42 Å². The van der Waals surface area contributed by atoms with Crippen molar-refractivity contribution in [2.75, 3.05) is 0 Å². The quantitative estimate of drug-likeness (QED) is 0.631. The Hall–Kier alpha value is -1.30. The van der Waals surface area contributed by atoms with Crippen molar-refractivity contribution in [2.24, 2.45) is 11.7 Å². The Morgan fingerprint density at radius 3 is 2.36 bits per heavy atom. The number of hydrogen-bond acceptors (Lipinski definition) is 4. The fourth-order valence-electron chi connectivity index (χ4n) is 1.88. The van der Waals surface area contributed by atoms with Crippen molar-refractivity contribution in [1.82, 2.24) is 0 Å². The van der Waals surface area contributed by atoms with Gasteiger partial charge in [0.2, 0.25) is 0 Å². The lowest BCUT2D eigenvalue weighted by molar-refractivity contribution is -0.167. The van der Waals surface area contributed by atoms with Gasteiger partial charge in [-0.25, -0.2) is 0 Å². The highest BCUT2D eigenvalue weighted by Gasteiger charge is 2.36. The first-order chi connectivity index (χ1) is 10.0. The van der Waals surface area contributed by atoms with Gasteiger partial charge in [0.05, 0.1) is 0 Å². The molecule has 0 heterocycles. The molecular formula is C15H19Cl2NO4. The van der Waals surface area contributed by atoms with E-state index in [1.165, 1.54) is 6.07 Å². The summed E-state index contributed by atoms with van der Waals surface area (Å²) < 4.78 is 5.12. The van der Waals surface area contributed by atoms with Crippen molar-refractivity contribution in [1.29, 1.82) is 0 Å². The highest BCUT2D eigenvalue weighted by molar-refractivity contribution is 6.35. The summed E-state index contributed by atoms with van der Waals surface area (Å²) in [7, 11) is 0. The van der Waals surface area contributed by atoms with E-state index in [1.807, 2.05) is 0 Å². The number of carboxylic acids is 1. The molecule has 0 bridgehead atoms. The van der Waals surface area contributed by atoms with E-state index in [0.29, 0.717) is 15.6 Å². The molecule has 0 fully saturated rings. The van der Waals surface area contributed by atoms with Gasteiger partial charge >= 0.3 is 11.9 Å². The van der Waals surface area contributed by atoms with Crippen LogP contribution >= 0.6 is 23.2 Å². The van der Waals surface area contributed by atoms with Crippen LogP contribution in [0.25, 0.3) is 0 Å². The number of benzene rings is 1. The summed E-state index contributed by atoms with van der Waals surface area (Å²) in [5.41, 5.74) is 5.73. The third-order valence-corrected chi connectivity index (χ3v) is 3.41. The molecule has 0 amide bonds. The van der Waals surface area contributed by atoms with Crippen molar-refractivity contribution in [3.05, 3.63) is 33.8 Å². The van der Waals surface area contributed by atoms with Crippen LogP contribution in [-0.2, 0) is 20.7 Å². The van der Waals surface area contributed by atoms with Crippen LogP contribution in [0.5, 0.6) is 0 Å². The van der Waals surface area contributed by atoms with Gasteiger partial charge in [-0.05, 0) is 44.9 Å². The molecule has 0 radical (unpaired) electrons. The lowest BCUT2D eigenvalue weighted by Gasteiger charge is -2.25. The number of carboxylic acid groups (broad SMARTS) is 1. The monoisotopic (exact) mass is 347 g/mol. The second-order valence-corrected chi connectivity index (χ2v) is 6.80. The first-order valence-corrected chi connectivity index (χ1v) is 7.42. The third-order valence-electron chi connectivity index (χ3n) is 2.83. The number of ether oxygens (including phenoxy) is 1. The second-order valence-electron chi connectivity index (χ2n) is 5.95. The van der Waals surface area contributed by atoms with Crippen molar-refractivity contribution in [3.63, 3.8) is 0 Å². The minimum Gasteiger partial charge on any atom is -0.481 e. The first-order valence-electron chi connectivity index (χ1n) is 6.66. The maximum atomic E-state index is 12.0. The predicted molar refractivity (Wildman–Crippen MR) is 85.1 cm³/mol. The van der Waals surface area contributed by atoms with Crippen LogP contribution in [0.1, 0.15) is 26.3 Å². The lowest BCUT2D eigenvalue weighted by Crippen LogP contribution is -2.45. The summed E-state index contributed by atoms with van der Waals surface area (Å²) in [5, 5.41) is 10.1. The molecule has 122 valence electrons. The molecule has 0 spiro atoms. The number of carbonyl (C=O) groups excluding carboxylic acids is 1. The van der Waals surface area contributed by atoms with Gasteiger partial charge in [-0.15, -0.1) is 0 Å². The van der Waals surface area contributed by atoms with Gasteiger partial charge in [0.15, 0.2) is 5.92 Å². The molecule has 7 heteroatoms. The van der Waals surface area contributed by atoms with Crippen LogP contribution in [-0.4, -0.2) is 28.7 Å². The van der Waals surface area contributed by atoms with Crippen LogP contribution in [0, 0.1) is 5.92 Å². The van der Waals surface area contributed by atoms with E-state index < -0.39 is 29.5 Å². The van der Waals surface area contributed by atoms with Gasteiger partial charge in [-0.1, -0.05) is 29.3 Å². The molecule has 0 aliphatic rings. The minimum absolute atomic E-state index is 0.117. The van der Waals surface area contributed by atoms with E-state index in [1.54, 1.807) is 32.9 Å². The van der Waals surface area contributed by atoms with Crippen LogP contribution < -0.4 is 5.73 Å². The van der Waals surface area contributed by atoms with Crippen LogP contribution in [0.3, 0.4) is 0 Å². The Balaban J connectivity index is 2.92. The smallest absolute Gasteiger partial charge is 0.322 e. The fourth-order valence-corrected chi connectivity index (χ4v) is 2.37. The summed E-state index contributed by atoms with van der Waals surface area (Å²) in [6.45, 7) is 4.97. The predicted octanol–water partition coefficient (Wildman–Crippen LogP) is 2.91. The number of hydrogen-bond donors (Lipinski definition) is 2. The summed E-state index contributed by atoms with van der Waals surface area (Å²) in [5.74, 6) is -3.66. The van der Waals surface area contributed by atoms with Crippen LogP contribution in [0.15, 0.2) is 18.2 Å². The summed E-state index contributed by atoms with van der Waals surface area (Å²) >= 11 is 11.8. The maximum Gasteiger partial charge on any atom is 0.322 e. The van der Waals surface area contributed by atoms with E-state index in [0.717, 1.165) is 0 Å². The highest BCUT2D eigenvalue weighted by Crippen LogP contribution is 2.24. The standard InChI is InChI=1S/C15H19Cl2NO4/c1-15(2,3)22-14(21)12(13(19)20)11(18)6-8-4-5-9(16)7-10(8)17/h4-5,7,11-12H,6,18H2,1-3H3,(H,19,20)/t11-,12-/m0/s1. The summed E-state index contributed by atoms with van der Waals surface area (Å²) in [6.07, 6.45) is 0.117. The molecule has 0 saturated heterocycles. The van der Waals surface area contributed by atoms with Gasteiger partial charge in [0, 0.05) is 16.1 Å². The summed E-state index contributed by atoms with van der Waals surface area (Å²) in [4.78, 5) is 23.4. The zero-order chi connectivity index (χ0) is 17.1. The molecule has 3 N–H and O–H groups in total. The number of esters is 1. The zero-order valence-corrected chi connectivity index (χ0v) is 14.1. The molecule has 0 aromatic heterocycles. The molecule has 1 rings (SSSR count). The van der Waals surface area contributed by atoms with E-state index >= 15 is 0 Å². The van der Waals surface area contributed by atoms with Gasteiger partial charge < -0.3 is 15.6 Å². The lowest BCUT2D eigenvalue weighted by atomic mass is 9.94. The second kappa shape index (κ2) is 7.31. The van der Waals surface area contributed by atoms with Gasteiger partial charge in [-0.2, -0.15) is 0 Å². The van der Waals surface area contributed by atoms with Crippen molar-refractivity contribution in [2.45, 2.75) is 38.8 Å². The molecule has 22 heavy (non-hydrogen) atoms. The number of aliphatic carboxylic acids is 1. The van der Waals surface area contributed by atoms with E-state index in [9.17, 15) is 14.7 Å². The fraction of sp³-hybridized carbons (Fsp3) is 0.467. The Morgan fingerprint density at radius 1 is 1.32 bits per heavy atom. The SMILES string of the molecule is CC(C)(C)OC(=O)[C@H](C(=O)O)[C@@H](N)Cc1ccc(Cl)cc1Cl. The maximum absolute atomic E-state index is 12.0.